The van der Waals surface area contributed by atoms with Gasteiger partial charge in [0.25, 0.3) is 5.91 Å². The maximum Gasteiger partial charge on any atom is 0.573 e. The summed E-state index contributed by atoms with van der Waals surface area (Å²) in [5.41, 5.74) is 3.62. The fourth-order valence-corrected chi connectivity index (χ4v) is 3.12. The number of aromatic nitrogens is 2. The Bertz CT molecular complexity index is 1050. The number of amides is 1. The lowest BCUT2D eigenvalue weighted by atomic mass is 10.1. The van der Waals surface area contributed by atoms with Gasteiger partial charge < -0.3 is 15.2 Å². The molecule has 2 aromatic carbocycles. The Labute approximate surface area is 177 Å². The molecule has 1 amide bonds. The van der Waals surface area contributed by atoms with Crippen LogP contribution in [0.15, 0.2) is 54.6 Å². The van der Waals surface area contributed by atoms with Crippen LogP contribution in [0.2, 0.25) is 0 Å². The number of aryl methyl sites for hydroxylation is 2. The van der Waals surface area contributed by atoms with Gasteiger partial charge in [-0.15, -0.1) is 13.2 Å². The molecule has 1 unspecified atom stereocenters. The number of hydrogen-bond acceptors (Lipinski definition) is 4. The van der Waals surface area contributed by atoms with Gasteiger partial charge >= 0.3 is 6.36 Å². The van der Waals surface area contributed by atoms with E-state index in [2.05, 4.69) is 15.2 Å². The van der Waals surface area contributed by atoms with Crippen molar-refractivity contribution < 1.29 is 27.8 Å². The summed E-state index contributed by atoms with van der Waals surface area (Å²) in [5.74, 6) is -0.752. The molecule has 6 nitrogen and oxygen atoms in total. The number of aliphatic hydroxyl groups excluding tert-OH is 1. The highest BCUT2D eigenvalue weighted by Crippen LogP contribution is 2.24. The highest BCUT2D eigenvalue weighted by atomic mass is 19.4. The van der Waals surface area contributed by atoms with Crippen LogP contribution in [0.3, 0.4) is 0 Å². The molecule has 0 aliphatic carbocycles. The minimum absolute atomic E-state index is 0.0972. The number of rotatable bonds is 7. The SMILES string of the molecule is Cc1cc(C)n(Cc2cccc(C(=O)NCC(O)c3ccc(OC(F)(F)F)cc3)c2)n1. The Balaban J connectivity index is 1.58. The van der Waals surface area contributed by atoms with Gasteiger partial charge in [0.15, 0.2) is 0 Å². The number of carbonyl (C=O) groups excluding carboxylic acids is 1. The Kier molecular flexibility index (Phi) is 6.65. The number of aliphatic hydroxyl groups is 1. The fourth-order valence-electron chi connectivity index (χ4n) is 3.12. The van der Waals surface area contributed by atoms with E-state index >= 15 is 0 Å². The third kappa shape index (κ3) is 6.32. The fraction of sp³-hybridized carbons (Fsp3) is 0.273. The van der Waals surface area contributed by atoms with E-state index in [0.717, 1.165) is 29.1 Å². The van der Waals surface area contributed by atoms with Crippen LogP contribution < -0.4 is 10.1 Å². The van der Waals surface area contributed by atoms with Crippen molar-refractivity contribution in [3.05, 3.63) is 82.7 Å². The van der Waals surface area contributed by atoms with Crippen LogP contribution in [0.25, 0.3) is 0 Å². The van der Waals surface area contributed by atoms with E-state index < -0.39 is 12.5 Å². The molecule has 1 atom stereocenters. The van der Waals surface area contributed by atoms with Crippen LogP contribution >= 0.6 is 0 Å². The average Bonchev–Trinajstić information content (AvgIpc) is 3.02. The predicted octanol–water partition coefficient (Wildman–Crippen LogP) is 3.91. The number of halogens is 3. The minimum atomic E-state index is -4.78. The van der Waals surface area contributed by atoms with Crippen molar-refractivity contribution in [2.24, 2.45) is 0 Å². The van der Waals surface area contributed by atoms with Crippen molar-refractivity contribution >= 4 is 5.91 Å². The molecular weight excluding hydrogens is 411 g/mol. The van der Waals surface area contributed by atoms with Crippen LogP contribution in [0.4, 0.5) is 13.2 Å². The van der Waals surface area contributed by atoms with Crippen molar-refractivity contribution in [2.45, 2.75) is 32.9 Å². The number of alkyl halides is 3. The van der Waals surface area contributed by atoms with Crippen molar-refractivity contribution in [1.82, 2.24) is 15.1 Å². The van der Waals surface area contributed by atoms with Crippen molar-refractivity contribution in [2.75, 3.05) is 6.54 Å². The number of ether oxygens (including phenoxy) is 1. The highest BCUT2D eigenvalue weighted by Gasteiger charge is 2.31. The lowest BCUT2D eigenvalue weighted by Crippen LogP contribution is -2.28. The summed E-state index contributed by atoms with van der Waals surface area (Å²) < 4.78 is 42.3. The second-order valence-electron chi connectivity index (χ2n) is 7.13. The van der Waals surface area contributed by atoms with Crippen LogP contribution in [-0.2, 0) is 6.54 Å². The first-order chi connectivity index (χ1) is 14.6. The van der Waals surface area contributed by atoms with Gasteiger partial charge in [-0.3, -0.25) is 9.48 Å². The topological polar surface area (TPSA) is 76.4 Å². The summed E-state index contributed by atoms with van der Waals surface area (Å²) in [7, 11) is 0. The molecule has 0 radical (unpaired) electrons. The predicted molar refractivity (Wildman–Crippen MR) is 108 cm³/mol. The van der Waals surface area contributed by atoms with Gasteiger partial charge in [-0.25, -0.2) is 0 Å². The van der Waals surface area contributed by atoms with Gasteiger partial charge in [-0.2, -0.15) is 5.10 Å². The number of nitrogens with one attached hydrogen (secondary N) is 1. The van der Waals surface area contributed by atoms with Gasteiger partial charge in [-0.05, 0) is 55.3 Å². The Morgan fingerprint density at radius 3 is 2.48 bits per heavy atom. The van der Waals surface area contributed by atoms with Crippen LogP contribution in [0.1, 0.15) is 39.0 Å². The van der Waals surface area contributed by atoms with Crippen LogP contribution in [0.5, 0.6) is 5.75 Å². The zero-order chi connectivity index (χ0) is 22.6. The second kappa shape index (κ2) is 9.22. The molecule has 0 spiro atoms. The lowest BCUT2D eigenvalue weighted by molar-refractivity contribution is -0.274. The summed E-state index contributed by atoms with van der Waals surface area (Å²) in [4.78, 5) is 12.5. The standard InChI is InChI=1S/C22H22F3N3O3/c1-14-10-15(2)28(27-14)13-16-4-3-5-18(11-16)21(30)26-12-20(29)17-6-8-19(9-7-17)31-22(23,24)25/h3-11,20,29H,12-13H2,1-2H3,(H,26,30). The lowest BCUT2D eigenvalue weighted by Gasteiger charge is -2.14. The molecular formula is C22H22F3N3O3. The summed E-state index contributed by atoms with van der Waals surface area (Å²) in [6.45, 7) is 4.30. The van der Waals surface area contributed by atoms with E-state index in [-0.39, 0.29) is 18.2 Å². The van der Waals surface area contributed by atoms with E-state index in [1.807, 2.05) is 30.7 Å². The Hall–Kier alpha value is -3.33. The molecule has 1 heterocycles. The summed E-state index contributed by atoms with van der Waals surface area (Å²) in [6, 6.07) is 13.9. The van der Waals surface area contributed by atoms with Crippen molar-refractivity contribution in [1.29, 1.82) is 0 Å². The molecule has 164 valence electrons. The normalized spacial score (nSPS) is 12.5. The Morgan fingerprint density at radius 2 is 1.87 bits per heavy atom. The van der Waals surface area contributed by atoms with Crippen LogP contribution in [0, 0.1) is 13.8 Å². The zero-order valence-corrected chi connectivity index (χ0v) is 17.0. The first kappa shape index (κ1) is 22.4. The number of nitrogens with zero attached hydrogens (tertiary/aromatic N) is 2. The van der Waals surface area contributed by atoms with Gasteiger partial charge in [0.1, 0.15) is 5.75 Å². The molecule has 0 aliphatic rings. The monoisotopic (exact) mass is 433 g/mol. The molecule has 3 rings (SSSR count). The minimum Gasteiger partial charge on any atom is -0.406 e. The molecule has 0 saturated heterocycles. The van der Waals surface area contributed by atoms with E-state index in [1.54, 1.807) is 18.2 Å². The number of hydrogen-bond donors (Lipinski definition) is 2. The second-order valence-corrected chi connectivity index (χ2v) is 7.13. The summed E-state index contributed by atoms with van der Waals surface area (Å²) in [5, 5.41) is 17.3. The largest absolute Gasteiger partial charge is 0.573 e. The molecule has 0 fully saturated rings. The molecule has 9 heteroatoms. The molecule has 3 aromatic rings. The van der Waals surface area contributed by atoms with E-state index in [9.17, 15) is 23.1 Å². The van der Waals surface area contributed by atoms with Gasteiger partial charge in [-0.1, -0.05) is 24.3 Å². The molecule has 0 saturated carbocycles. The molecule has 0 bridgehead atoms. The van der Waals surface area contributed by atoms with E-state index in [4.69, 9.17) is 0 Å². The van der Waals surface area contributed by atoms with E-state index in [1.165, 1.54) is 12.1 Å². The van der Waals surface area contributed by atoms with Gasteiger partial charge in [0.2, 0.25) is 0 Å². The molecule has 2 N–H and O–H groups in total. The number of carbonyl (C=O) groups is 1. The highest BCUT2D eigenvalue weighted by molar-refractivity contribution is 5.94. The third-order valence-corrected chi connectivity index (χ3v) is 4.58. The zero-order valence-electron chi connectivity index (χ0n) is 17.0. The Morgan fingerprint density at radius 1 is 1.16 bits per heavy atom. The van der Waals surface area contributed by atoms with Crippen molar-refractivity contribution in [3.8, 4) is 5.75 Å². The summed E-state index contributed by atoms with van der Waals surface area (Å²) in [6.07, 6.45) is -5.86. The molecule has 31 heavy (non-hydrogen) atoms. The third-order valence-electron chi connectivity index (χ3n) is 4.58. The maximum atomic E-state index is 12.5. The van der Waals surface area contributed by atoms with Gasteiger partial charge in [0.05, 0.1) is 18.3 Å². The quantitative estimate of drug-likeness (QED) is 0.592. The maximum absolute atomic E-state index is 12.5. The average molecular weight is 433 g/mol. The van der Waals surface area contributed by atoms with Crippen molar-refractivity contribution in [3.63, 3.8) is 0 Å². The number of benzene rings is 2. The smallest absolute Gasteiger partial charge is 0.406 e. The molecule has 0 aliphatic heterocycles. The molecule has 1 aromatic heterocycles. The van der Waals surface area contributed by atoms with E-state index in [0.29, 0.717) is 17.7 Å². The first-order valence-corrected chi connectivity index (χ1v) is 9.53. The van der Waals surface area contributed by atoms with Crippen LogP contribution in [-0.4, -0.2) is 33.7 Å². The summed E-state index contributed by atoms with van der Waals surface area (Å²) >= 11 is 0. The first-order valence-electron chi connectivity index (χ1n) is 9.53. The van der Waals surface area contributed by atoms with Gasteiger partial charge in [0, 0.05) is 17.8 Å².